The molecule has 0 bridgehead atoms. The van der Waals surface area contributed by atoms with Crippen molar-refractivity contribution in [2.45, 2.75) is 31.7 Å². The Kier molecular flexibility index (Phi) is 8.88. The predicted octanol–water partition coefficient (Wildman–Crippen LogP) is 2.61. The summed E-state index contributed by atoms with van der Waals surface area (Å²) < 4.78 is 24.5. The number of halogens is 1. The minimum atomic E-state index is -2.91. The fourth-order valence-electron chi connectivity index (χ4n) is 4.62. The van der Waals surface area contributed by atoms with Crippen molar-refractivity contribution < 1.29 is 8.95 Å². The molecular formula is C23H37ClN7O3PS. The number of nitrogens with one attached hydrogen (secondary N) is 1. The number of ether oxygens (including phenoxy) is 1. The largest absolute Gasteiger partial charge is 0.382 e. The Balaban J connectivity index is 1.37. The van der Waals surface area contributed by atoms with Gasteiger partial charge in [-0.1, -0.05) is 11.6 Å². The SMILES string of the molecule is CN(C)c1ccc(N(C)[SH](=O)(P)N2CCC(n3ncc(NCC4CCCOC4)c(Cl)c3=O)CC2)cn1. The van der Waals surface area contributed by atoms with Gasteiger partial charge >= 0.3 is 0 Å². The van der Waals surface area contributed by atoms with E-state index in [1.54, 1.807) is 16.7 Å². The zero-order valence-corrected chi connectivity index (χ0v) is 23.9. The lowest BCUT2D eigenvalue weighted by Gasteiger charge is -2.44. The standard InChI is InChI=1S/C23H37ClN7O3PS/c1-28(2)21-7-6-19(14-26-21)29(3)36(33,35)30-10-8-18(9-11-30)31-23(32)22(24)20(15-27-31)25-13-17-5-4-12-34-16-17/h6-7,14-15,17-18,25,36H,4-5,8-13,16,35H2,1-3H3. The van der Waals surface area contributed by atoms with Gasteiger partial charge < -0.3 is 19.3 Å². The highest BCUT2D eigenvalue weighted by Gasteiger charge is 2.31. The molecule has 2 unspecified atom stereocenters. The van der Waals surface area contributed by atoms with Crippen LogP contribution in [0, 0.1) is 5.92 Å². The molecule has 0 spiro atoms. The van der Waals surface area contributed by atoms with Crippen molar-refractivity contribution in [3.8, 4) is 0 Å². The lowest BCUT2D eigenvalue weighted by atomic mass is 10.0. The number of hydrogen-bond donors (Lipinski definition) is 2. The third-order valence-corrected chi connectivity index (χ3v) is 11.7. The molecule has 0 amide bonds. The molecular weight excluding hydrogens is 521 g/mol. The van der Waals surface area contributed by atoms with E-state index in [4.69, 9.17) is 16.3 Å². The van der Waals surface area contributed by atoms with E-state index in [0.29, 0.717) is 44.1 Å². The molecule has 0 aromatic carbocycles. The van der Waals surface area contributed by atoms with Gasteiger partial charge in [0, 0.05) is 57.3 Å². The highest BCUT2D eigenvalue weighted by molar-refractivity contribution is 8.44. The molecule has 2 aromatic rings. The van der Waals surface area contributed by atoms with E-state index in [9.17, 15) is 9.00 Å². The van der Waals surface area contributed by atoms with Crippen molar-refractivity contribution in [2.24, 2.45) is 5.92 Å². The van der Waals surface area contributed by atoms with Crippen LogP contribution in [0.4, 0.5) is 17.2 Å². The van der Waals surface area contributed by atoms with Crippen LogP contribution in [0.5, 0.6) is 0 Å². The molecule has 1 N–H and O–H groups in total. The molecule has 36 heavy (non-hydrogen) atoms. The molecule has 0 radical (unpaired) electrons. The smallest absolute Gasteiger partial charge is 0.287 e. The normalized spacial score (nSPS) is 20.2. The second-order valence-corrected chi connectivity index (χ2v) is 14.4. The summed E-state index contributed by atoms with van der Waals surface area (Å²) in [7, 11) is 5.32. The van der Waals surface area contributed by atoms with Crippen LogP contribution in [-0.2, 0) is 14.7 Å². The van der Waals surface area contributed by atoms with E-state index in [-0.39, 0.29) is 16.6 Å². The molecule has 0 aliphatic carbocycles. The number of pyridine rings is 1. The lowest BCUT2D eigenvalue weighted by Crippen LogP contribution is -2.48. The average Bonchev–Trinajstić information content (AvgIpc) is 2.90. The Morgan fingerprint density at radius 2 is 1.97 bits per heavy atom. The topological polar surface area (TPSA) is 95.8 Å². The zero-order valence-electron chi connectivity index (χ0n) is 21.1. The van der Waals surface area contributed by atoms with E-state index >= 15 is 0 Å². The lowest BCUT2D eigenvalue weighted by molar-refractivity contribution is 0.0595. The van der Waals surface area contributed by atoms with Crippen LogP contribution in [0.3, 0.4) is 0 Å². The van der Waals surface area contributed by atoms with Crippen molar-refractivity contribution in [2.75, 3.05) is 68.5 Å². The van der Waals surface area contributed by atoms with Crippen LogP contribution in [-0.4, -0.2) is 77.3 Å². The third kappa shape index (κ3) is 6.02. The van der Waals surface area contributed by atoms with Crippen LogP contribution >= 0.6 is 20.0 Å². The summed E-state index contributed by atoms with van der Waals surface area (Å²) in [6.45, 7) is 3.39. The molecule has 4 heterocycles. The van der Waals surface area contributed by atoms with Crippen LogP contribution in [0.2, 0.25) is 5.02 Å². The van der Waals surface area contributed by atoms with Crippen LogP contribution in [0.1, 0.15) is 31.7 Å². The summed E-state index contributed by atoms with van der Waals surface area (Å²) >= 11 is 6.44. The van der Waals surface area contributed by atoms with Gasteiger partial charge in [-0.25, -0.2) is 18.2 Å². The predicted molar refractivity (Wildman–Crippen MR) is 152 cm³/mol. The Hall–Kier alpha value is -1.78. The summed E-state index contributed by atoms with van der Waals surface area (Å²) in [6.07, 6.45) is 6.83. The third-order valence-electron chi connectivity index (χ3n) is 6.97. The maximum absolute atomic E-state index is 13.8. The number of rotatable bonds is 8. The average molecular weight is 558 g/mol. The number of hydrogen-bond acceptors (Lipinski definition) is 7. The second kappa shape index (κ2) is 11.7. The number of thiol groups is 1. The Bertz CT molecular complexity index is 1140. The molecule has 4 rings (SSSR count). The summed E-state index contributed by atoms with van der Waals surface area (Å²) in [5.74, 6) is 1.25. The summed E-state index contributed by atoms with van der Waals surface area (Å²) in [6, 6.07) is 3.74. The fraction of sp³-hybridized carbons (Fsp3) is 0.609. The summed E-state index contributed by atoms with van der Waals surface area (Å²) in [4.78, 5) is 19.4. The van der Waals surface area contributed by atoms with E-state index in [0.717, 1.165) is 37.6 Å². The maximum atomic E-state index is 13.8. The van der Waals surface area contributed by atoms with Gasteiger partial charge in [0.2, 0.25) is 0 Å². The highest BCUT2D eigenvalue weighted by atomic mass is 35.5. The van der Waals surface area contributed by atoms with Crippen molar-refractivity contribution in [3.63, 3.8) is 0 Å². The van der Waals surface area contributed by atoms with Gasteiger partial charge in [0.1, 0.15) is 10.8 Å². The quantitative estimate of drug-likeness (QED) is 0.380. The van der Waals surface area contributed by atoms with Gasteiger partial charge in [-0.3, -0.25) is 4.79 Å². The Morgan fingerprint density at radius 3 is 2.58 bits per heavy atom. The number of anilines is 3. The first-order valence-corrected chi connectivity index (χ1v) is 15.9. The van der Waals surface area contributed by atoms with Gasteiger partial charge in [-0.2, -0.15) is 5.10 Å². The molecule has 13 heteroatoms. The zero-order chi connectivity index (χ0) is 25.9. The van der Waals surface area contributed by atoms with Crippen molar-refractivity contribution in [1.82, 2.24) is 19.1 Å². The van der Waals surface area contributed by atoms with Crippen molar-refractivity contribution >= 4 is 47.2 Å². The van der Waals surface area contributed by atoms with E-state index < -0.39 is 9.92 Å². The molecule has 2 aliphatic rings. The second-order valence-electron chi connectivity index (χ2n) is 9.65. The first kappa shape index (κ1) is 27.3. The molecule has 2 aromatic heterocycles. The summed E-state index contributed by atoms with van der Waals surface area (Å²) in [5.41, 5.74) is 1.05. The Labute approximate surface area is 221 Å². The van der Waals surface area contributed by atoms with E-state index in [2.05, 4.69) is 23.8 Å². The maximum Gasteiger partial charge on any atom is 0.287 e. The fourth-order valence-corrected chi connectivity index (χ4v) is 7.55. The molecule has 2 atom stereocenters. The molecule has 2 aliphatic heterocycles. The molecule has 10 nitrogen and oxygen atoms in total. The van der Waals surface area contributed by atoms with Crippen LogP contribution in [0.15, 0.2) is 29.3 Å². The first-order valence-electron chi connectivity index (χ1n) is 12.3. The van der Waals surface area contributed by atoms with E-state index in [1.807, 2.05) is 42.5 Å². The van der Waals surface area contributed by atoms with Gasteiger partial charge in [-0.15, -0.1) is 0 Å². The van der Waals surface area contributed by atoms with Gasteiger partial charge in [0.15, 0.2) is 0 Å². The molecule has 2 fully saturated rings. The number of aromatic nitrogens is 3. The minimum absolute atomic E-state index is 0.0941. The molecule has 2 saturated heterocycles. The highest BCUT2D eigenvalue weighted by Crippen LogP contribution is 2.34. The van der Waals surface area contributed by atoms with Crippen molar-refractivity contribution in [1.29, 1.82) is 0 Å². The molecule has 200 valence electrons. The summed E-state index contributed by atoms with van der Waals surface area (Å²) in [5, 5.41) is 7.86. The van der Waals surface area contributed by atoms with Gasteiger partial charge in [-0.05, 0) is 52.2 Å². The first-order chi connectivity index (χ1) is 17.2. The minimum Gasteiger partial charge on any atom is -0.382 e. The Morgan fingerprint density at radius 1 is 1.22 bits per heavy atom. The van der Waals surface area contributed by atoms with Crippen LogP contribution < -0.4 is 20.1 Å². The number of piperidine rings is 1. The van der Waals surface area contributed by atoms with Gasteiger partial charge in [0.25, 0.3) is 5.56 Å². The van der Waals surface area contributed by atoms with E-state index in [1.165, 1.54) is 4.68 Å². The number of nitrogens with zero attached hydrogens (tertiary/aromatic N) is 6. The monoisotopic (exact) mass is 557 g/mol. The van der Waals surface area contributed by atoms with Gasteiger partial charge in [0.05, 0.1) is 36.4 Å². The van der Waals surface area contributed by atoms with Crippen LogP contribution in [0.25, 0.3) is 0 Å². The molecule has 0 saturated carbocycles. The van der Waals surface area contributed by atoms with Crippen molar-refractivity contribution in [3.05, 3.63) is 39.9 Å².